The number of nitrogens with two attached hydrogens (primary N) is 1. The van der Waals surface area contributed by atoms with Crippen LogP contribution < -0.4 is 11.1 Å². The first kappa shape index (κ1) is 15.0. The molecular weight excluding hydrogens is 254 g/mol. The van der Waals surface area contributed by atoms with Crippen molar-refractivity contribution in [3.8, 4) is 0 Å². The monoisotopic (exact) mass is 277 g/mol. The van der Waals surface area contributed by atoms with Gasteiger partial charge in [-0.1, -0.05) is 24.3 Å². The summed E-state index contributed by atoms with van der Waals surface area (Å²) in [4.78, 5) is 13.9. The van der Waals surface area contributed by atoms with Gasteiger partial charge in [0, 0.05) is 39.1 Å². The van der Waals surface area contributed by atoms with Gasteiger partial charge in [0.25, 0.3) is 0 Å². The summed E-state index contributed by atoms with van der Waals surface area (Å²) in [5, 5.41) is 2.92. The average Bonchev–Trinajstić information content (AvgIpc) is 2.48. The van der Waals surface area contributed by atoms with E-state index in [-0.39, 0.29) is 5.91 Å². The maximum absolute atomic E-state index is 11.5. The van der Waals surface area contributed by atoms with Crippen molar-refractivity contribution in [3.63, 3.8) is 0 Å². The number of amides is 1. The molecule has 110 valence electrons. The van der Waals surface area contributed by atoms with Gasteiger partial charge in [-0.25, -0.2) is 0 Å². The molecule has 1 heterocycles. The lowest BCUT2D eigenvalue weighted by Crippen LogP contribution is -2.36. The van der Waals surface area contributed by atoms with Gasteiger partial charge in [0.1, 0.15) is 0 Å². The molecule has 1 saturated heterocycles. The fraction of sp³-hybridized carbons (Fsp3) is 0.533. The normalized spacial score (nSPS) is 16.1. The van der Waals surface area contributed by atoms with Crippen LogP contribution in [0.25, 0.3) is 0 Å². The second kappa shape index (κ2) is 7.99. The Kier molecular flexibility index (Phi) is 5.98. The highest BCUT2D eigenvalue weighted by Crippen LogP contribution is 2.13. The Morgan fingerprint density at radius 2 is 1.95 bits per heavy atom. The predicted octanol–water partition coefficient (Wildman–Crippen LogP) is 0.484. The van der Waals surface area contributed by atoms with Crippen molar-refractivity contribution in [2.24, 2.45) is 5.73 Å². The smallest absolute Gasteiger partial charge is 0.221 e. The summed E-state index contributed by atoms with van der Waals surface area (Å²) in [5.41, 5.74) is 7.81. The molecule has 1 aliphatic rings. The molecule has 1 aromatic rings. The molecule has 2 rings (SSSR count). The Hall–Kier alpha value is -1.43. The van der Waals surface area contributed by atoms with Crippen LogP contribution in [0.15, 0.2) is 24.3 Å². The third-order valence-corrected chi connectivity index (χ3v) is 3.46. The predicted molar refractivity (Wildman–Crippen MR) is 78.1 cm³/mol. The Morgan fingerprint density at radius 1 is 1.25 bits per heavy atom. The molecule has 0 spiro atoms. The molecule has 3 N–H and O–H groups in total. The summed E-state index contributed by atoms with van der Waals surface area (Å²) in [7, 11) is 0. The van der Waals surface area contributed by atoms with E-state index in [0.717, 1.165) is 32.8 Å². The summed E-state index contributed by atoms with van der Waals surface area (Å²) in [6.07, 6.45) is 0.381. The first-order valence-corrected chi connectivity index (χ1v) is 7.13. The van der Waals surface area contributed by atoms with Gasteiger partial charge >= 0.3 is 0 Å². The third kappa shape index (κ3) is 4.59. The van der Waals surface area contributed by atoms with Gasteiger partial charge in [-0.3, -0.25) is 9.69 Å². The fourth-order valence-electron chi connectivity index (χ4n) is 2.30. The van der Waals surface area contributed by atoms with Crippen LogP contribution in [0, 0.1) is 0 Å². The van der Waals surface area contributed by atoms with E-state index in [1.807, 2.05) is 12.1 Å². The highest BCUT2D eigenvalue weighted by atomic mass is 16.5. The molecule has 1 aliphatic heterocycles. The minimum atomic E-state index is 0.00803. The Labute approximate surface area is 120 Å². The number of hydrogen-bond donors (Lipinski definition) is 2. The number of hydrogen-bond acceptors (Lipinski definition) is 4. The van der Waals surface area contributed by atoms with Crippen LogP contribution in [0.5, 0.6) is 0 Å². The van der Waals surface area contributed by atoms with E-state index in [4.69, 9.17) is 10.5 Å². The van der Waals surface area contributed by atoms with Gasteiger partial charge in [-0.2, -0.15) is 0 Å². The second-order valence-electron chi connectivity index (χ2n) is 4.97. The molecule has 1 aromatic carbocycles. The molecule has 5 nitrogen and oxygen atoms in total. The van der Waals surface area contributed by atoms with Crippen LogP contribution in [-0.2, 0) is 22.6 Å². The van der Waals surface area contributed by atoms with Crippen molar-refractivity contribution < 1.29 is 9.53 Å². The average molecular weight is 277 g/mol. The Balaban J connectivity index is 1.93. The molecule has 0 saturated carbocycles. The first-order valence-electron chi connectivity index (χ1n) is 7.13. The molecule has 20 heavy (non-hydrogen) atoms. The van der Waals surface area contributed by atoms with Gasteiger partial charge in [-0.15, -0.1) is 0 Å². The van der Waals surface area contributed by atoms with Gasteiger partial charge in [0.2, 0.25) is 5.91 Å². The lowest BCUT2D eigenvalue weighted by molar-refractivity contribution is -0.121. The number of rotatable bonds is 6. The van der Waals surface area contributed by atoms with E-state index in [2.05, 4.69) is 22.3 Å². The standard InChI is InChI=1S/C15H23N3O2/c16-6-5-15(19)17-11-13-3-1-2-4-14(13)12-18-7-9-20-10-8-18/h1-4H,5-12,16H2,(H,17,19). The number of carbonyl (C=O) groups excluding carboxylic acids is 1. The number of benzene rings is 1. The van der Waals surface area contributed by atoms with Crippen molar-refractivity contribution in [3.05, 3.63) is 35.4 Å². The summed E-state index contributed by atoms with van der Waals surface area (Å²) in [6, 6.07) is 8.24. The Bertz CT molecular complexity index is 431. The number of carbonyl (C=O) groups is 1. The van der Waals surface area contributed by atoms with Crippen LogP contribution in [0.4, 0.5) is 0 Å². The summed E-state index contributed by atoms with van der Waals surface area (Å²) < 4.78 is 5.36. The van der Waals surface area contributed by atoms with Crippen molar-refractivity contribution in [1.82, 2.24) is 10.2 Å². The highest BCUT2D eigenvalue weighted by Gasteiger charge is 2.12. The molecule has 0 aliphatic carbocycles. The zero-order valence-electron chi connectivity index (χ0n) is 11.8. The summed E-state index contributed by atoms with van der Waals surface area (Å²) >= 11 is 0. The molecule has 1 fully saturated rings. The number of ether oxygens (including phenoxy) is 1. The molecule has 0 unspecified atom stereocenters. The molecule has 5 heteroatoms. The minimum Gasteiger partial charge on any atom is -0.379 e. The van der Waals surface area contributed by atoms with E-state index in [0.29, 0.717) is 19.5 Å². The van der Waals surface area contributed by atoms with Crippen LogP contribution in [0.2, 0.25) is 0 Å². The fourth-order valence-corrected chi connectivity index (χ4v) is 2.30. The SMILES string of the molecule is NCCC(=O)NCc1ccccc1CN1CCOCC1. The summed E-state index contributed by atoms with van der Waals surface area (Å²) in [6.45, 7) is 5.40. The van der Waals surface area contributed by atoms with E-state index < -0.39 is 0 Å². The molecule has 0 bridgehead atoms. The van der Waals surface area contributed by atoms with Crippen LogP contribution in [-0.4, -0.2) is 43.7 Å². The van der Waals surface area contributed by atoms with Crippen molar-refractivity contribution in [2.75, 3.05) is 32.8 Å². The minimum absolute atomic E-state index is 0.00803. The quantitative estimate of drug-likeness (QED) is 0.794. The molecular formula is C15H23N3O2. The zero-order valence-corrected chi connectivity index (χ0v) is 11.8. The van der Waals surface area contributed by atoms with Gasteiger partial charge in [-0.05, 0) is 11.1 Å². The number of morpholine rings is 1. The maximum atomic E-state index is 11.5. The van der Waals surface area contributed by atoms with Gasteiger partial charge in [0.15, 0.2) is 0 Å². The lowest BCUT2D eigenvalue weighted by atomic mass is 10.1. The lowest BCUT2D eigenvalue weighted by Gasteiger charge is -2.27. The second-order valence-corrected chi connectivity index (χ2v) is 4.97. The molecule has 0 atom stereocenters. The van der Waals surface area contributed by atoms with Crippen LogP contribution >= 0.6 is 0 Å². The maximum Gasteiger partial charge on any atom is 0.221 e. The van der Waals surface area contributed by atoms with E-state index in [9.17, 15) is 4.79 Å². The van der Waals surface area contributed by atoms with Crippen LogP contribution in [0.3, 0.4) is 0 Å². The number of nitrogens with one attached hydrogen (secondary N) is 1. The van der Waals surface area contributed by atoms with Crippen molar-refractivity contribution in [2.45, 2.75) is 19.5 Å². The third-order valence-electron chi connectivity index (χ3n) is 3.46. The van der Waals surface area contributed by atoms with E-state index in [1.54, 1.807) is 0 Å². The number of nitrogens with zero attached hydrogens (tertiary/aromatic N) is 1. The van der Waals surface area contributed by atoms with Gasteiger partial charge < -0.3 is 15.8 Å². The zero-order chi connectivity index (χ0) is 14.2. The van der Waals surface area contributed by atoms with E-state index in [1.165, 1.54) is 11.1 Å². The largest absolute Gasteiger partial charge is 0.379 e. The Morgan fingerprint density at radius 3 is 2.65 bits per heavy atom. The van der Waals surface area contributed by atoms with E-state index >= 15 is 0 Å². The first-order chi connectivity index (χ1) is 9.79. The summed E-state index contributed by atoms with van der Waals surface area (Å²) in [5.74, 6) is 0.00803. The molecule has 0 aromatic heterocycles. The van der Waals surface area contributed by atoms with Crippen molar-refractivity contribution in [1.29, 1.82) is 0 Å². The molecule has 1 amide bonds. The van der Waals surface area contributed by atoms with Gasteiger partial charge in [0.05, 0.1) is 13.2 Å². The highest BCUT2D eigenvalue weighted by molar-refractivity contribution is 5.76. The topological polar surface area (TPSA) is 67.6 Å². The van der Waals surface area contributed by atoms with Crippen molar-refractivity contribution >= 4 is 5.91 Å². The molecule has 0 radical (unpaired) electrons. The van der Waals surface area contributed by atoms with Crippen LogP contribution in [0.1, 0.15) is 17.5 Å².